The lowest BCUT2D eigenvalue weighted by molar-refractivity contribution is -0.205. The molecule has 0 spiro atoms. The molecule has 120 valence electrons. The van der Waals surface area contributed by atoms with Crippen molar-refractivity contribution in [3.05, 3.63) is 29.0 Å². The Hall–Kier alpha value is -0.720. The first-order valence-electron chi connectivity index (χ1n) is 6.25. The Bertz CT molecular complexity index is 471. The van der Waals surface area contributed by atoms with E-state index in [9.17, 15) is 17.6 Å². The SMILES string of the molecule is Cl.Fc1ccc(OC(F)(C(F)F)C2CCNCC2)c(Cl)c1. The first-order chi connectivity index (χ1) is 9.43. The van der Waals surface area contributed by atoms with Gasteiger partial charge in [-0.15, -0.1) is 12.4 Å². The maximum absolute atomic E-state index is 14.6. The van der Waals surface area contributed by atoms with Crippen LogP contribution in [0.1, 0.15) is 12.8 Å². The first kappa shape index (κ1) is 18.3. The summed E-state index contributed by atoms with van der Waals surface area (Å²) in [7, 11) is 0. The smallest absolute Gasteiger partial charge is 0.311 e. The lowest BCUT2D eigenvalue weighted by atomic mass is 9.90. The number of nitrogens with one attached hydrogen (secondary N) is 1. The van der Waals surface area contributed by atoms with Crippen LogP contribution in [0.2, 0.25) is 5.02 Å². The topological polar surface area (TPSA) is 21.3 Å². The first-order valence-corrected chi connectivity index (χ1v) is 6.63. The Balaban J connectivity index is 0.00000220. The summed E-state index contributed by atoms with van der Waals surface area (Å²) in [5.74, 6) is -4.99. The number of hydrogen-bond acceptors (Lipinski definition) is 2. The second kappa shape index (κ2) is 7.51. The number of rotatable bonds is 4. The maximum Gasteiger partial charge on any atom is 0.311 e. The van der Waals surface area contributed by atoms with Crippen molar-refractivity contribution in [3.63, 3.8) is 0 Å². The van der Waals surface area contributed by atoms with Crippen LogP contribution in [-0.4, -0.2) is 25.4 Å². The Morgan fingerprint density at radius 1 is 1.29 bits per heavy atom. The molecule has 2 rings (SSSR count). The highest BCUT2D eigenvalue weighted by Gasteiger charge is 2.50. The molecule has 1 saturated heterocycles. The van der Waals surface area contributed by atoms with Crippen LogP contribution in [0.25, 0.3) is 0 Å². The predicted molar refractivity (Wildman–Crippen MR) is 74.7 cm³/mol. The lowest BCUT2D eigenvalue weighted by Gasteiger charge is -2.35. The van der Waals surface area contributed by atoms with Gasteiger partial charge in [-0.05, 0) is 44.1 Å². The standard InChI is InChI=1S/C13H14ClF4NO.ClH/c14-10-7-9(15)1-2-11(10)20-13(18,12(16)17)8-3-5-19-6-4-8;/h1-2,7-8,12,19H,3-6H2;1H. The van der Waals surface area contributed by atoms with Crippen LogP contribution in [0.5, 0.6) is 5.75 Å². The normalized spacial score (nSPS) is 19.0. The van der Waals surface area contributed by atoms with E-state index in [-0.39, 0.29) is 36.0 Å². The molecule has 1 N–H and O–H groups in total. The fourth-order valence-corrected chi connectivity index (χ4v) is 2.45. The zero-order valence-corrected chi connectivity index (χ0v) is 12.5. The fraction of sp³-hybridized carbons (Fsp3) is 0.538. The van der Waals surface area contributed by atoms with Gasteiger partial charge in [0.05, 0.1) is 5.02 Å². The highest BCUT2D eigenvalue weighted by Crippen LogP contribution is 2.39. The van der Waals surface area contributed by atoms with Gasteiger partial charge in [-0.2, -0.15) is 4.39 Å². The summed E-state index contributed by atoms with van der Waals surface area (Å²) in [6, 6.07) is 2.93. The van der Waals surface area contributed by atoms with E-state index in [1.807, 2.05) is 0 Å². The van der Waals surface area contributed by atoms with Gasteiger partial charge in [0, 0.05) is 5.92 Å². The molecule has 0 radical (unpaired) electrons. The van der Waals surface area contributed by atoms with E-state index < -0.39 is 24.0 Å². The van der Waals surface area contributed by atoms with Crippen LogP contribution in [0.4, 0.5) is 17.6 Å². The van der Waals surface area contributed by atoms with Gasteiger partial charge < -0.3 is 10.1 Å². The summed E-state index contributed by atoms with van der Waals surface area (Å²) in [5.41, 5.74) is 0. The number of ether oxygens (including phenoxy) is 1. The van der Waals surface area contributed by atoms with E-state index in [2.05, 4.69) is 5.32 Å². The minimum Gasteiger partial charge on any atom is -0.451 e. The van der Waals surface area contributed by atoms with E-state index in [1.54, 1.807) is 0 Å². The van der Waals surface area contributed by atoms with Gasteiger partial charge in [0.25, 0.3) is 0 Å². The molecule has 1 aromatic carbocycles. The summed E-state index contributed by atoms with van der Waals surface area (Å²) in [6.45, 7) is 0.896. The summed E-state index contributed by atoms with van der Waals surface area (Å²) in [5, 5.41) is 2.73. The molecule has 0 aliphatic carbocycles. The molecule has 1 fully saturated rings. The summed E-state index contributed by atoms with van der Waals surface area (Å²) >= 11 is 5.69. The van der Waals surface area contributed by atoms with Crippen molar-refractivity contribution in [2.75, 3.05) is 13.1 Å². The molecule has 0 aromatic heterocycles. The van der Waals surface area contributed by atoms with Gasteiger partial charge in [0.15, 0.2) is 0 Å². The van der Waals surface area contributed by atoms with Crippen molar-refractivity contribution in [2.45, 2.75) is 25.1 Å². The summed E-state index contributed by atoms with van der Waals surface area (Å²) in [6.07, 6.45) is -2.84. The molecule has 1 heterocycles. The third-order valence-corrected chi connectivity index (χ3v) is 3.65. The predicted octanol–water partition coefficient (Wildman–Crippen LogP) is 4.21. The molecule has 1 aliphatic heterocycles. The van der Waals surface area contributed by atoms with Crippen molar-refractivity contribution in [1.82, 2.24) is 5.32 Å². The van der Waals surface area contributed by atoms with Crippen molar-refractivity contribution < 1.29 is 22.3 Å². The highest BCUT2D eigenvalue weighted by atomic mass is 35.5. The molecule has 0 saturated carbocycles. The summed E-state index contributed by atoms with van der Waals surface area (Å²) in [4.78, 5) is 0. The van der Waals surface area contributed by atoms with Gasteiger partial charge in [0.1, 0.15) is 11.6 Å². The van der Waals surface area contributed by atoms with Gasteiger partial charge >= 0.3 is 12.3 Å². The van der Waals surface area contributed by atoms with Crippen LogP contribution >= 0.6 is 24.0 Å². The second-order valence-electron chi connectivity index (χ2n) is 4.70. The average molecular weight is 348 g/mol. The van der Waals surface area contributed by atoms with Crippen LogP contribution in [0, 0.1) is 11.7 Å². The number of benzene rings is 1. The molecule has 21 heavy (non-hydrogen) atoms. The fourth-order valence-electron chi connectivity index (χ4n) is 2.25. The molecule has 0 amide bonds. The number of halogens is 6. The lowest BCUT2D eigenvalue weighted by Crippen LogP contribution is -2.50. The third kappa shape index (κ3) is 4.14. The minimum atomic E-state index is -3.31. The van der Waals surface area contributed by atoms with Crippen molar-refractivity contribution in [1.29, 1.82) is 0 Å². The van der Waals surface area contributed by atoms with Crippen molar-refractivity contribution in [3.8, 4) is 5.75 Å². The van der Waals surface area contributed by atoms with Gasteiger partial charge in [0.2, 0.25) is 0 Å². The molecule has 1 unspecified atom stereocenters. The molecule has 1 aromatic rings. The molecular formula is C13H15Cl2F4NO. The molecular weight excluding hydrogens is 333 g/mol. The van der Waals surface area contributed by atoms with E-state index >= 15 is 0 Å². The van der Waals surface area contributed by atoms with Gasteiger partial charge in [-0.25, -0.2) is 13.2 Å². The minimum absolute atomic E-state index is 0. The van der Waals surface area contributed by atoms with Gasteiger partial charge in [-0.1, -0.05) is 11.6 Å². The Labute approximate surface area is 131 Å². The Morgan fingerprint density at radius 2 is 1.90 bits per heavy atom. The second-order valence-corrected chi connectivity index (χ2v) is 5.11. The Kier molecular flexibility index (Phi) is 6.56. The quantitative estimate of drug-likeness (QED) is 0.823. The molecule has 2 nitrogen and oxygen atoms in total. The van der Waals surface area contributed by atoms with Crippen LogP contribution < -0.4 is 10.1 Å². The molecule has 1 aliphatic rings. The largest absolute Gasteiger partial charge is 0.451 e. The molecule has 8 heteroatoms. The zero-order chi connectivity index (χ0) is 14.8. The van der Waals surface area contributed by atoms with E-state index in [4.69, 9.17) is 16.3 Å². The average Bonchev–Trinajstić information content (AvgIpc) is 2.42. The van der Waals surface area contributed by atoms with Crippen molar-refractivity contribution >= 4 is 24.0 Å². The van der Waals surface area contributed by atoms with Crippen LogP contribution in [0.15, 0.2) is 18.2 Å². The van der Waals surface area contributed by atoms with Crippen LogP contribution in [0.3, 0.4) is 0 Å². The summed E-state index contributed by atoms with van der Waals surface area (Å²) < 4.78 is 58.6. The van der Waals surface area contributed by atoms with Gasteiger partial charge in [-0.3, -0.25) is 0 Å². The van der Waals surface area contributed by atoms with Crippen molar-refractivity contribution in [2.24, 2.45) is 5.92 Å². The number of piperidine rings is 1. The van der Waals surface area contributed by atoms with Crippen LogP contribution in [-0.2, 0) is 0 Å². The van der Waals surface area contributed by atoms with E-state index in [0.717, 1.165) is 18.2 Å². The number of alkyl halides is 3. The Morgan fingerprint density at radius 3 is 2.43 bits per heavy atom. The number of hydrogen-bond donors (Lipinski definition) is 1. The van der Waals surface area contributed by atoms with E-state index in [1.165, 1.54) is 0 Å². The maximum atomic E-state index is 14.6. The van der Waals surface area contributed by atoms with E-state index in [0.29, 0.717) is 13.1 Å². The monoisotopic (exact) mass is 347 g/mol. The molecule has 1 atom stereocenters. The zero-order valence-electron chi connectivity index (χ0n) is 10.9. The molecule has 0 bridgehead atoms. The highest BCUT2D eigenvalue weighted by molar-refractivity contribution is 6.32. The third-order valence-electron chi connectivity index (χ3n) is 3.35.